The van der Waals surface area contributed by atoms with Crippen molar-refractivity contribution in [2.45, 2.75) is 51.6 Å². The van der Waals surface area contributed by atoms with Crippen LogP contribution in [0.5, 0.6) is 0 Å². The van der Waals surface area contributed by atoms with E-state index in [2.05, 4.69) is 18.7 Å². The second-order valence-corrected chi connectivity index (χ2v) is 4.97. The summed E-state index contributed by atoms with van der Waals surface area (Å²) in [7, 11) is 1.92. The second kappa shape index (κ2) is 6.97. The summed E-state index contributed by atoms with van der Waals surface area (Å²) in [6, 6.07) is 0.985. The molecule has 1 aliphatic carbocycles. The zero-order chi connectivity index (χ0) is 12.8. The van der Waals surface area contributed by atoms with Crippen LogP contribution in [0.3, 0.4) is 0 Å². The van der Waals surface area contributed by atoms with Crippen LogP contribution in [0.2, 0.25) is 0 Å². The zero-order valence-corrected chi connectivity index (χ0v) is 11.5. The lowest BCUT2D eigenvalue weighted by molar-refractivity contribution is -0.132. The van der Waals surface area contributed by atoms with E-state index in [9.17, 15) is 4.79 Å². The fourth-order valence-electron chi connectivity index (χ4n) is 2.31. The molecule has 1 rings (SSSR count). The van der Waals surface area contributed by atoms with Gasteiger partial charge in [-0.25, -0.2) is 0 Å². The van der Waals surface area contributed by atoms with Crippen molar-refractivity contribution in [3.8, 4) is 0 Å². The summed E-state index contributed by atoms with van der Waals surface area (Å²) >= 11 is 0. The highest BCUT2D eigenvalue weighted by atomic mass is 16.2. The Morgan fingerprint density at radius 2 is 1.94 bits per heavy atom. The van der Waals surface area contributed by atoms with Crippen LogP contribution >= 0.6 is 0 Å². The minimum atomic E-state index is 0.243. The van der Waals surface area contributed by atoms with E-state index in [1.807, 2.05) is 11.9 Å². The van der Waals surface area contributed by atoms with Gasteiger partial charge in [-0.2, -0.15) is 0 Å². The summed E-state index contributed by atoms with van der Waals surface area (Å²) < 4.78 is 0. The number of nitrogens with two attached hydrogens (primary N) is 1. The average Bonchev–Trinajstić information content (AvgIpc) is 3.13. The molecule has 0 aromatic rings. The average molecular weight is 241 g/mol. The summed E-state index contributed by atoms with van der Waals surface area (Å²) in [6.07, 6.45) is 4.50. The van der Waals surface area contributed by atoms with Crippen molar-refractivity contribution < 1.29 is 4.79 Å². The SMILES string of the molecule is CCC(CC)N(CCN)CC(=O)N(C)C1CC1. The predicted molar refractivity (Wildman–Crippen MR) is 70.8 cm³/mol. The second-order valence-electron chi connectivity index (χ2n) is 4.97. The molecule has 0 aromatic carbocycles. The van der Waals surface area contributed by atoms with Crippen LogP contribution in [-0.2, 0) is 4.79 Å². The maximum Gasteiger partial charge on any atom is 0.236 e. The van der Waals surface area contributed by atoms with Crippen molar-refractivity contribution in [3.63, 3.8) is 0 Å². The zero-order valence-electron chi connectivity index (χ0n) is 11.5. The van der Waals surface area contributed by atoms with Crippen molar-refractivity contribution in [2.24, 2.45) is 5.73 Å². The third-order valence-electron chi connectivity index (χ3n) is 3.70. The molecule has 0 aliphatic heterocycles. The molecule has 0 heterocycles. The predicted octanol–water partition coefficient (Wildman–Crippen LogP) is 1.06. The molecule has 0 atom stereocenters. The van der Waals surface area contributed by atoms with Crippen molar-refractivity contribution in [3.05, 3.63) is 0 Å². The molecular formula is C13H27N3O. The van der Waals surface area contributed by atoms with Crippen molar-refractivity contribution in [1.82, 2.24) is 9.80 Å². The third kappa shape index (κ3) is 4.28. The summed E-state index contributed by atoms with van der Waals surface area (Å²) in [5.41, 5.74) is 5.63. The van der Waals surface area contributed by atoms with Crippen molar-refractivity contribution >= 4 is 5.91 Å². The Labute approximate surface area is 105 Å². The maximum absolute atomic E-state index is 12.1. The van der Waals surface area contributed by atoms with Gasteiger partial charge in [0.15, 0.2) is 0 Å². The molecule has 0 unspecified atom stereocenters. The van der Waals surface area contributed by atoms with Gasteiger partial charge in [0.2, 0.25) is 5.91 Å². The Morgan fingerprint density at radius 3 is 2.35 bits per heavy atom. The summed E-state index contributed by atoms with van der Waals surface area (Å²) in [6.45, 7) is 6.31. The normalized spacial score (nSPS) is 15.6. The maximum atomic E-state index is 12.1. The van der Waals surface area contributed by atoms with E-state index in [-0.39, 0.29) is 5.91 Å². The van der Waals surface area contributed by atoms with E-state index in [0.717, 1.165) is 19.4 Å². The van der Waals surface area contributed by atoms with Gasteiger partial charge in [0.05, 0.1) is 6.54 Å². The van der Waals surface area contributed by atoms with Crippen molar-refractivity contribution in [2.75, 3.05) is 26.7 Å². The van der Waals surface area contributed by atoms with Gasteiger partial charge in [-0.3, -0.25) is 9.69 Å². The number of hydrogen-bond acceptors (Lipinski definition) is 3. The summed E-state index contributed by atoms with van der Waals surface area (Å²) in [4.78, 5) is 16.2. The molecule has 0 radical (unpaired) electrons. The lowest BCUT2D eigenvalue weighted by atomic mass is 10.1. The smallest absolute Gasteiger partial charge is 0.236 e. The van der Waals surface area contributed by atoms with Crippen LogP contribution in [0.15, 0.2) is 0 Å². The molecule has 4 nitrogen and oxygen atoms in total. The fraction of sp³-hybridized carbons (Fsp3) is 0.923. The first-order chi connectivity index (χ1) is 8.13. The van der Waals surface area contributed by atoms with Gasteiger partial charge in [0.25, 0.3) is 0 Å². The fourth-order valence-corrected chi connectivity index (χ4v) is 2.31. The van der Waals surface area contributed by atoms with Gasteiger partial charge >= 0.3 is 0 Å². The van der Waals surface area contributed by atoms with Crippen LogP contribution < -0.4 is 5.73 Å². The highest BCUT2D eigenvalue weighted by Crippen LogP contribution is 2.25. The van der Waals surface area contributed by atoms with Crippen LogP contribution in [0.1, 0.15) is 39.5 Å². The first kappa shape index (κ1) is 14.5. The molecule has 0 saturated heterocycles. The topological polar surface area (TPSA) is 49.6 Å². The number of rotatable bonds is 8. The molecular weight excluding hydrogens is 214 g/mol. The lowest BCUT2D eigenvalue weighted by Gasteiger charge is -2.31. The first-order valence-electron chi connectivity index (χ1n) is 6.83. The van der Waals surface area contributed by atoms with E-state index >= 15 is 0 Å². The molecule has 17 heavy (non-hydrogen) atoms. The standard InChI is InChI=1S/C13H27N3O/c1-4-11(5-2)16(9-8-14)10-13(17)15(3)12-6-7-12/h11-12H,4-10,14H2,1-3H3. The monoisotopic (exact) mass is 241 g/mol. The molecule has 100 valence electrons. The molecule has 0 bridgehead atoms. The van der Waals surface area contributed by atoms with Gasteiger partial charge in [-0.05, 0) is 25.7 Å². The van der Waals surface area contributed by atoms with Gasteiger partial charge in [0.1, 0.15) is 0 Å². The Bertz CT molecular complexity index is 237. The highest BCUT2D eigenvalue weighted by molar-refractivity contribution is 5.78. The van der Waals surface area contributed by atoms with E-state index in [1.54, 1.807) is 0 Å². The number of nitrogens with zero attached hydrogens (tertiary/aromatic N) is 2. The number of hydrogen-bond donors (Lipinski definition) is 1. The van der Waals surface area contributed by atoms with E-state index < -0.39 is 0 Å². The van der Waals surface area contributed by atoms with Crippen LogP contribution in [0.4, 0.5) is 0 Å². The van der Waals surface area contributed by atoms with E-state index in [1.165, 1.54) is 12.8 Å². The minimum absolute atomic E-state index is 0.243. The number of likely N-dealkylation sites (N-methyl/N-ethyl adjacent to an activating group) is 1. The quantitative estimate of drug-likeness (QED) is 0.691. The molecule has 4 heteroatoms. The Hall–Kier alpha value is -0.610. The molecule has 0 aromatic heterocycles. The molecule has 1 aliphatic rings. The highest BCUT2D eigenvalue weighted by Gasteiger charge is 2.30. The first-order valence-corrected chi connectivity index (χ1v) is 6.83. The number of carbonyl (C=O) groups excluding carboxylic acids is 1. The van der Waals surface area contributed by atoms with Gasteiger partial charge in [-0.15, -0.1) is 0 Å². The van der Waals surface area contributed by atoms with E-state index in [4.69, 9.17) is 5.73 Å². The number of carbonyl (C=O) groups is 1. The van der Waals surface area contributed by atoms with E-state index in [0.29, 0.717) is 25.2 Å². The van der Waals surface area contributed by atoms with Crippen molar-refractivity contribution in [1.29, 1.82) is 0 Å². The summed E-state index contributed by atoms with van der Waals surface area (Å²) in [5, 5.41) is 0. The van der Waals surface area contributed by atoms with Crippen LogP contribution in [0, 0.1) is 0 Å². The lowest BCUT2D eigenvalue weighted by Crippen LogP contribution is -2.45. The van der Waals surface area contributed by atoms with Gasteiger partial charge in [0, 0.05) is 32.2 Å². The van der Waals surface area contributed by atoms with Crippen LogP contribution in [-0.4, -0.2) is 54.5 Å². The molecule has 0 spiro atoms. The number of amides is 1. The molecule has 1 fully saturated rings. The molecule has 1 saturated carbocycles. The Morgan fingerprint density at radius 1 is 1.35 bits per heavy atom. The molecule has 1 amide bonds. The van der Waals surface area contributed by atoms with Gasteiger partial charge in [-0.1, -0.05) is 13.8 Å². The Balaban J connectivity index is 2.49. The largest absolute Gasteiger partial charge is 0.342 e. The third-order valence-corrected chi connectivity index (χ3v) is 3.70. The van der Waals surface area contributed by atoms with Gasteiger partial charge < -0.3 is 10.6 Å². The Kier molecular flexibility index (Phi) is 5.92. The van der Waals surface area contributed by atoms with Crippen LogP contribution in [0.25, 0.3) is 0 Å². The summed E-state index contributed by atoms with van der Waals surface area (Å²) in [5.74, 6) is 0.243. The minimum Gasteiger partial charge on any atom is -0.342 e. The molecule has 2 N–H and O–H groups in total.